The molecule has 0 aliphatic heterocycles. The molecule has 5 nitrogen and oxygen atoms in total. The van der Waals surface area contributed by atoms with Gasteiger partial charge in [0.05, 0.1) is 7.11 Å². The normalized spacial score (nSPS) is 10.8. The predicted molar refractivity (Wildman–Crippen MR) is 100 cm³/mol. The first-order valence-electron chi connectivity index (χ1n) is 8.64. The number of nitrogens with zero attached hydrogens (tertiary/aromatic N) is 2. The van der Waals surface area contributed by atoms with E-state index in [1.807, 2.05) is 48.7 Å². The van der Waals surface area contributed by atoms with E-state index in [2.05, 4.69) is 17.3 Å². The van der Waals surface area contributed by atoms with Crippen molar-refractivity contribution in [1.29, 1.82) is 0 Å². The molecule has 0 fully saturated rings. The molecule has 0 unspecified atom stereocenters. The highest BCUT2D eigenvalue weighted by molar-refractivity contribution is 5.96. The van der Waals surface area contributed by atoms with Crippen LogP contribution in [-0.4, -0.2) is 22.7 Å². The number of nitrogens with one attached hydrogen (secondary N) is 1. The number of pyridine rings is 1. The van der Waals surface area contributed by atoms with Crippen molar-refractivity contribution in [1.82, 2.24) is 9.66 Å². The van der Waals surface area contributed by atoms with Gasteiger partial charge in [-0.2, -0.15) is 4.98 Å². The fourth-order valence-electron chi connectivity index (χ4n) is 2.86. The van der Waals surface area contributed by atoms with Crippen LogP contribution in [0.4, 0.5) is 0 Å². The van der Waals surface area contributed by atoms with E-state index >= 15 is 0 Å². The molecule has 25 heavy (non-hydrogen) atoms. The van der Waals surface area contributed by atoms with E-state index in [1.54, 1.807) is 11.8 Å². The molecule has 5 heteroatoms. The number of benzene rings is 1. The zero-order chi connectivity index (χ0) is 17.6. The van der Waals surface area contributed by atoms with Crippen molar-refractivity contribution in [3.05, 3.63) is 48.7 Å². The van der Waals surface area contributed by atoms with Gasteiger partial charge in [-0.3, -0.25) is 10.2 Å². The summed E-state index contributed by atoms with van der Waals surface area (Å²) in [5.41, 5.74) is 5.74. The van der Waals surface area contributed by atoms with E-state index in [4.69, 9.17) is 4.74 Å². The molecule has 130 valence electrons. The van der Waals surface area contributed by atoms with Gasteiger partial charge >= 0.3 is 0 Å². The highest BCUT2D eigenvalue weighted by Gasteiger charge is 2.14. The van der Waals surface area contributed by atoms with Gasteiger partial charge in [0.15, 0.2) is 5.65 Å². The van der Waals surface area contributed by atoms with Gasteiger partial charge in [-0.25, -0.2) is 4.68 Å². The number of hydrogen-bond donors (Lipinski definition) is 1. The Balaban J connectivity index is 1.97. The topological polar surface area (TPSA) is 56.2 Å². The van der Waals surface area contributed by atoms with Crippen LogP contribution in [0.2, 0.25) is 0 Å². The molecule has 0 aliphatic rings. The van der Waals surface area contributed by atoms with Crippen LogP contribution in [0.25, 0.3) is 22.2 Å². The summed E-state index contributed by atoms with van der Waals surface area (Å²) in [5.74, 6) is 0.515. The van der Waals surface area contributed by atoms with Gasteiger partial charge in [0.1, 0.15) is 0 Å². The first-order valence-corrected chi connectivity index (χ1v) is 8.64. The number of fused-ring (bicyclic) bond motifs is 1. The standard InChI is InChI=1S/C20H23N3O2/c1-3-4-6-11-18(24)22-23-14-17(15-9-7-5-8-10-15)16-12-13-19(25-2)21-20(16)23/h5,7-10,12-14H,3-4,6,11H2,1-2H3,(H,22,24). The summed E-state index contributed by atoms with van der Waals surface area (Å²) >= 11 is 0. The number of carbonyl (C=O) groups excluding carboxylic acids is 1. The summed E-state index contributed by atoms with van der Waals surface area (Å²) in [6.07, 6.45) is 5.48. The highest BCUT2D eigenvalue weighted by Crippen LogP contribution is 2.30. The minimum Gasteiger partial charge on any atom is -0.481 e. The first kappa shape index (κ1) is 17.0. The number of carbonyl (C=O) groups is 1. The van der Waals surface area contributed by atoms with Gasteiger partial charge in [-0.15, -0.1) is 0 Å². The Kier molecular flexibility index (Phi) is 5.33. The molecule has 1 N–H and O–H groups in total. The van der Waals surface area contributed by atoms with Gasteiger partial charge in [0.25, 0.3) is 0 Å². The lowest BCUT2D eigenvalue weighted by Crippen LogP contribution is -2.22. The fourth-order valence-corrected chi connectivity index (χ4v) is 2.86. The van der Waals surface area contributed by atoms with E-state index in [9.17, 15) is 4.79 Å². The maximum Gasteiger partial charge on any atom is 0.238 e. The summed E-state index contributed by atoms with van der Waals surface area (Å²) in [7, 11) is 1.59. The average Bonchev–Trinajstić information content (AvgIpc) is 3.00. The molecule has 0 bridgehead atoms. The number of hydrogen-bond acceptors (Lipinski definition) is 3. The maximum atomic E-state index is 12.2. The maximum absolute atomic E-state index is 12.2. The third-order valence-corrected chi connectivity index (χ3v) is 4.17. The molecule has 0 saturated carbocycles. The molecule has 0 radical (unpaired) electrons. The van der Waals surface area contributed by atoms with Crippen molar-refractivity contribution < 1.29 is 9.53 Å². The molecule has 0 saturated heterocycles. The van der Waals surface area contributed by atoms with Gasteiger partial charge < -0.3 is 4.74 Å². The molecule has 1 amide bonds. The van der Waals surface area contributed by atoms with Gasteiger partial charge in [-0.05, 0) is 18.1 Å². The second-order valence-electron chi connectivity index (χ2n) is 6.00. The number of ether oxygens (including phenoxy) is 1. The molecular formula is C20H23N3O2. The molecule has 0 spiro atoms. The van der Waals surface area contributed by atoms with Crippen LogP contribution in [-0.2, 0) is 4.79 Å². The Bertz CT molecular complexity index is 856. The molecular weight excluding hydrogens is 314 g/mol. The lowest BCUT2D eigenvalue weighted by molar-refractivity contribution is -0.117. The van der Waals surface area contributed by atoms with Gasteiger partial charge in [0.2, 0.25) is 11.8 Å². The van der Waals surface area contributed by atoms with Crippen molar-refractivity contribution in [3.63, 3.8) is 0 Å². The quantitative estimate of drug-likeness (QED) is 0.652. The first-order chi connectivity index (χ1) is 12.2. The van der Waals surface area contributed by atoms with Gasteiger partial charge in [-0.1, -0.05) is 50.1 Å². The number of amides is 1. The third kappa shape index (κ3) is 3.82. The summed E-state index contributed by atoms with van der Waals surface area (Å²) in [5, 5.41) is 0.973. The number of unbranched alkanes of at least 4 members (excludes halogenated alkanes) is 2. The second-order valence-corrected chi connectivity index (χ2v) is 6.00. The fraction of sp³-hybridized carbons (Fsp3) is 0.300. The Morgan fingerprint density at radius 3 is 2.68 bits per heavy atom. The summed E-state index contributed by atoms with van der Waals surface area (Å²) in [6.45, 7) is 2.12. The zero-order valence-electron chi connectivity index (χ0n) is 14.7. The number of aromatic nitrogens is 2. The lowest BCUT2D eigenvalue weighted by Gasteiger charge is -2.07. The van der Waals surface area contributed by atoms with E-state index < -0.39 is 0 Å². The average molecular weight is 337 g/mol. The molecule has 0 atom stereocenters. The Morgan fingerprint density at radius 2 is 1.96 bits per heavy atom. The van der Waals surface area contributed by atoms with E-state index in [1.165, 1.54) is 0 Å². The highest BCUT2D eigenvalue weighted by atomic mass is 16.5. The van der Waals surface area contributed by atoms with Crippen molar-refractivity contribution in [3.8, 4) is 17.0 Å². The molecule has 3 aromatic rings. The molecule has 2 aromatic heterocycles. The van der Waals surface area contributed by atoms with Crippen LogP contribution in [0, 0.1) is 0 Å². The van der Waals surface area contributed by atoms with Crippen LogP contribution in [0.3, 0.4) is 0 Å². The third-order valence-electron chi connectivity index (χ3n) is 4.17. The molecule has 1 aromatic carbocycles. The van der Waals surface area contributed by atoms with E-state index in [0.717, 1.165) is 35.8 Å². The molecule has 3 rings (SSSR count). The smallest absolute Gasteiger partial charge is 0.238 e. The SMILES string of the molecule is CCCCCC(=O)Nn1cc(-c2ccccc2)c2ccc(OC)nc21. The van der Waals surface area contributed by atoms with Gasteiger partial charge in [0, 0.05) is 29.6 Å². The summed E-state index contributed by atoms with van der Waals surface area (Å²) in [6, 6.07) is 13.9. The summed E-state index contributed by atoms with van der Waals surface area (Å²) < 4.78 is 6.94. The van der Waals surface area contributed by atoms with E-state index in [0.29, 0.717) is 17.9 Å². The largest absolute Gasteiger partial charge is 0.481 e. The van der Waals surface area contributed by atoms with Crippen LogP contribution < -0.4 is 10.2 Å². The second kappa shape index (κ2) is 7.83. The monoisotopic (exact) mass is 337 g/mol. The predicted octanol–water partition coefficient (Wildman–Crippen LogP) is 4.36. The van der Waals surface area contributed by atoms with Crippen LogP contribution >= 0.6 is 0 Å². The minimum atomic E-state index is -0.00502. The molecule has 2 heterocycles. The minimum absolute atomic E-state index is 0.00502. The molecule has 0 aliphatic carbocycles. The Hall–Kier alpha value is -2.82. The van der Waals surface area contributed by atoms with Crippen molar-refractivity contribution in [2.24, 2.45) is 0 Å². The summed E-state index contributed by atoms with van der Waals surface area (Å²) in [4.78, 5) is 16.8. The Morgan fingerprint density at radius 1 is 1.16 bits per heavy atom. The Labute approximate surface area is 147 Å². The van der Waals surface area contributed by atoms with Crippen LogP contribution in [0.5, 0.6) is 5.88 Å². The lowest BCUT2D eigenvalue weighted by atomic mass is 10.1. The van der Waals surface area contributed by atoms with Crippen LogP contribution in [0.15, 0.2) is 48.7 Å². The number of methoxy groups -OCH3 is 1. The van der Waals surface area contributed by atoms with Crippen molar-refractivity contribution in [2.75, 3.05) is 12.5 Å². The van der Waals surface area contributed by atoms with Crippen LogP contribution in [0.1, 0.15) is 32.6 Å². The van der Waals surface area contributed by atoms with E-state index in [-0.39, 0.29) is 5.91 Å². The van der Waals surface area contributed by atoms with Crippen molar-refractivity contribution >= 4 is 16.9 Å². The zero-order valence-corrected chi connectivity index (χ0v) is 14.7. The van der Waals surface area contributed by atoms with Crippen molar-refractivity contribution in [2.45, 2.75) is 32.6 Å². The number of rotatable bonds is 7.